The van der Waals surface area contributed by atoms with Crippen LogP contribution in [0.4, 0.5) is 14.5 Å². The van der Waals surface area contributed by atoms with E-state index in [-0.39, 0.29) is 37.6 Å². The number of hydrogen-bond donors (Lipinski definition) is 1. The zero-order chi connectivity index (χ0) is 18.2. The van der Waals surface area contributed by atoms with Gasteiger partial charge in [-0.3, -0.25) is 4.72 Å². The van der Waals surface area contributed by atoms with Gasteiger partial charge in [0, 0.05) is 0 Å². The maximum Gasteiger partial charge on any atom is 0.355 e. The summed E-state index contributed by atoms with van der Waals surface area (Å²) in [4.78, 5) is 12.1. The van der Waals surface area contributed by atoms with Crippen molar-refractivity contribution < 1.29 is 17.2 Å². The molecule has 0 spiro atoms. The molecular weight excluding hydrogens is 389 g/mol. The van der Waals surface area contributed by atoms with Gasteiger partial charge in [-0.25, -0.2) is 17.8 Å². The van der Waals surface area contributed by atoms with E-state index in [0.717, 1.165) is 6.07 Å². The van der Waals surface area contributed by atoms with Gasteiger partial charge in [0.15, 0.2) is 0 Å². The Morgan fingerprint density at radius 3 is 2.42 bits per heavy atom. The van der Waals surface area contributed by atoms with E-state index in [1.807, 2.05) is 0 Å². The van der Waals surface area contributed by atoms with Crippen LogP contribution < -0.4 is 10.4 Å². The topological polar surface area (TPSA) is 86.0 Å². The Labute approximate surface area is 145 Å². The quantitative estimate of drug-likeness (QED) is 0.835. The molecule has 1 aromatic heterocycles. The first-order valence-electron chi connectivity index (χ1n) is 6.53. The zero-order valence-electron chi connectivity index (χ0n) is 12.4. The predicted octanol–water partition coefficient (Wildman–Crippen LogP) is 2.81. The third kappa shape index (κ3) is 3.55. The number of anilines is 1. The summed E-state index contributed by atoms with van der Waals surface area (Å²) < 4.78 is 52.2. The smallest absolute Gasteiger partial charge is 0.282 e. The van der Waals surface area contributed by atoms with Crippen LogP contribution in [-0.2, 0) is 10.0 Å². The number of aryl methyl sites for hydroxylation is 1. The number of halogens is 4. The third-order valence-corrected chi connectivity index (χ3v) is 4.99. The molecule has 0 amide bonds. The number of alkyl halides is 2. The molecule has 0 unspecified atom stereocenters. The van der Waals surface area contributed by atoms with Crippen LogP contribution in [0.1, 0.15) is 19.3 Å². The first-order chi connectivity index (χ1) is 11.1. The molecule has 2 rings (SSSR count). The average molecular weight is 401 g/mol. The van der Waals surface area contributed by atoms with Gasteiger partial charge in [-0.1, -0.05) is 23.2 Å². The number of aromatic nitrogens is 3. The molecule has 0 radical (unpaired) electrons. The molecular formula is C12H12Cl2F2N4O3S. The number of nitrogens with zero attached hydrogens (tertiary/aromatic N) is 3. The van der Waals surface area contributed by atoms with Gasteiger partial charge in [-0.05, 0) is 26.0 Å². The highest BCUT2D eigenvalue weighted by molar-refractivity contribution is 7.92. The molecule has 0 fully saturated rings. The molecule has 0 saturated heterocycles. The molecule has 1 aromatic carbocycles. The van der Waals surface area contributed by atoms with Crippen molar-refractivity contribution in [3.05, 3.63) is 38.5 Å². The second kappa shape index (κ2) is 6.69. The third-order valence-electron chi connectivity index (χ3n) is 3.09. The minimum Gasteiger partial charge on any atom is -0.282 e. The lowest BCUT2D eigenvalue weighted by Gasteiger charge is -2.11. The summed E-state index contributed by atoms with van der Waals surface area (Å²) in [7, 11) is -3.64. The van der Waals surface area contributed by atoms with E-state index in [4.69, 9.17) is 23.2 Å². The van der Waals surface area contributed by atoms with Crippen molar-refractivity contribution in [3.8, 4) is 5.69 Å². The SMILES string of the molecule is CCS(=O)(=O)Nc1cc(-n2nc(C)n(C(F)F)c2=O)c(Cl)cc1Cl. The Hall–Kier alpha value is -1.65. The predicted molar refractivity (Wildman–Crippen MR) is 86.9 cm³/mol. The van der Waals surface area contributed by atoms with E-state index in [1.54, 1.807) is 0 Å². The molecule has 132 valence electrons. The van der Waals surface area contributed by atoms with Crippen molar-refractivity contribution in [1.29, 1.82) is 0 Å². The van der Waals surface area contributed by atoms with Gasteiger partial charge >= 0.3 is 12.2 Å². The lowest BCUT2D eigenvalue weighted by atomic mass is 10.3. The molecule has 0 aliphatic rings. The van der Waals surface area contributed by atoms with E-state index in [2.05, 4.69) is 9.82 Å². The van der Waals surface area contributed by atoms with Gasteiger partial charge in [0.1, 0.15) is 5.82 Å². The van der Waals surface area contributed by atoms with Crippen LogP contribution in [0.3, 0.4) is 0 Å². The highest BCUT2D eigenvalue weighted by Gasteiger charge is 2.21. The highest BCUT2D eigenvalue weighted by Crippen LogP contribution is 2.31. The molecule has 0 atom stereocenters. The van der Waals surface area contributed by atoms with Crippen molar-refractivity contribution >= 4 is 38.9 Å². The van der Waals surface area contributed by atoms with Gasteiger partial charge in [0.2, 0.25) is 10.0 Å². The maximum atomic E-state index is 12.9. The number of rotatable bonds is 5. The standard InChI is InChI=1S/C12H12Cl2F2N4O3S/c1-3-24(22,23)18-9-5-10(8(14)4-7(9)13)20-12(21)19(11(15)16)6(2)17-20/h4-5,11,18H,3H2,1-2H3. The minimum atomic E-state index is -3.64. The molecule has 2 aromatic rings. The summed E-state index contributed by atoms with van der Waals surface area (Å²) in [5.74, 6) is -0.433. The molecule has 1 N–H and O–H groups in total. The Kier molecular flexibility index (Phi) is 5.21. The summed E-state index contributed by atoms with van der Waals surface area (Å²) in [6, 6.07) is 2.34. The Morgan fingerprint density at radius 1 is 1.29 bits per heavy atom. The lowest BCUT2D eigenvalue weighted by molar-refractivity contribution is 0.0640. The van der Waals surface area contributed by atoms with Crippen molar-refractivity contribution in [2.24, 2.45) is 0 Å². The zero-order valence-corrected chi connectivity index (χ0v) is 14.8. The molecule has 0 aliphatic heterocycles. The van der Waals surface area contributed by atoms with Crippen LogP contribution in [0.25, 0.3) is 5.69 Å². The molecule has 0 aliphatic carbocycles. The number of sulfonamides is 1. The largest absolute Gasteiger partial charge is 0.355 e. The van der Waals surface area contributed by atoms with Crippen molar-refractivity contribution in [1.82, 2.24) is 14.3 Å². The number of hydrogen-bond acceptors (Lipinski definition) is 4. The summed E-state index contributed by atoms with van der Waals surface area (Å²) in [6.45, 7) is -0.421. The molecule has 7 nitrogen and oxygen atoms in total. The maximum absolute atomic E-state index is 12.9. The molecule has 0 bridgehead atoms. The van der Waals surface area contributed by atoms with Gasteiger partial charge < -0.3 is 0 Å². The van der Waals surface area contributed by atoms with E-state index >= 15 is 0 Å². The van der Waals surface area contributed by atoms with E-state index in [9.17, 15) is 22.0 Å². The molecule has 0 saturated carbocycles. The Balaban J connectivity index is 2.64. The second-order valence-electron chi connectivity index (χ2n) is 4.68. The fourth-order valence-electron chi connectivity index (χ4n) is 1.88. The average Bonchev–Trinajstić information content (AvgIpc) is 2.76. The summed E-state index contributed by atoms with van der Waals surface area (Å²) >= 11 is 11.9. The minimum absolute atomic E-state index is 0.0150. The van der Waals surface area contributed by atoms with Crippen molar-refractivity contribution in [2.45, 2.75) is 20.4 Å². The van der Waals surface area contributed by atoms with E-state index < -0.39 is 22.3 Å². The van der Waals surface area contributed by atoms with Crippen molar-refractivity contribution in [3.63, 3.8) is 0 Å². The van der Waals surface area contributed by atoms with Gasteiger partial charge in [-0.2, -0.15) is 13.5 Å². The summed E-state index contributed by atoms with van der Waals surface area (Å²) in [5, 5.41) is 3.66. The normalized spacial score (nSPS) is 12.0. The second-order valence-corrected chi connectivity index (χ2v) is 7.50. The first-order valence-corrected chi connectivity index (χ1v) is 8.94. The monoisotopic (exact) mass is 400 g/mol. The molecule has 24 heavy (non-hydrogen) atoms. The van der Waals surface area contributed by atoms with Crippen LogP contribution in [0.2, 0.25) is 10.0 Å². The summed E-state index contributed by atoms with van der Waals surface area (Å²) in [6.07, 6.45) is 0. The van der Waals surface area contributed by atoms with E-state index in [1.165, 1.54) is 19.9 Å². The highest BCUT2D eigenvalue weighted by atomic mass is 35.5. The van der Waals surface area contributed by atoms with Crippen molar-refractivity contribution in [2.75, 3.05) is 10.5 Å². The lowest BCUT2D eigenvalue weighted by Crippen LogP contribution is -2.25. The number of benzene rings is 1. The van der Waals surface area contributed by atoms with Crippen LogP contribution in [-0.4, -0.2) is 28.5 Å². The van der Waals surface area contributed by atoms with Gasteiger partial charge in [0.25, 0.3) is 0 Å². The molecule has 1 heterocycles. The number of nitrogens with one attached hydrogen (secondary N) is 1. The first kappa shape index (κ1) is 18.7. The Morgan fingerprint density at radius 2 is 1.92 bits per heavy atom. The van der Waals surface area contributed by atoms with Crippen LogP contribution in [0, 0.1) is 6.92 Å². The van der Waals surface area contributed by atoms with Crippen LogP contribution >= 0.6 is 23.2 Å². The Bertz CT molecular complexity index is 941. The van der Waals surface area contributed by atoms with Gasteiger partial charge in [0.05, 0.1) is 27.2 Å². The van der Waals surface area contributed by atoms with Crippen LogP contribution in [0.5, 0.6) is 0 Å². The summed E-state index contributed by atoms with van der Waals surface area (Å²) in [5.41, 5.74) is -1.24. The van der Waals surface area contributed by atoms with E-state index in [0.29, 0.717) is 4.68 Å². The fourth-order valence-corrected chi connectivity index (χ4v) is 3.09. The van der Waals surface area contributed by atoms with Crippen LogP contribution in [0.15, 0.2) is 16.9 Å². The molecule has 12 heteroatoms. The fraction of sp³-hybridized carbons (Fsp3) is 0.333. The van der Waals surface area contributed by atoms with Gasteiger partial charge in [-0.15, -0.1) is 5.10 Å².